The number of urea groups is 1. The Hall–Kier alpha value is -2.69. The summed E-state index contributed by atoms with van der Waals surface area (Å²) in [6.45, 7) is 10.4. The van der Waals surface area contributed by atoms with Crippen LogP contribution in [0.2, 0.25) is 0 Å². The predicted octanol–water partition coefficient (Wildman–Crippen LogP) is 4.16. The van der Waals surface area contributed by atoms with E-state index in [1.54, 1.807) is 7.11 Å². The van der Waals surface area contributed by atoms with Gasteiger partial charge >= 0.3 is 6.03 Å². The molecule has 0 unspecified atom stereocenters. The lowest BCUT2D eigenvalue weighted by molar-refractivity contribution is 0.194. The van der Waals surface area contributed by atoms with Gasteiger partial charge < -0.3 is 19.9 Å². The van der Waals surface area contributed by atoms with Gasteiger partial charge in [0.05, 0.1) is 7.11 Å². The van der Waals surface area contributed by atoms with Gasteiger partial charge in [-0.25, -0.2) is 4.79 Å². The van der Waals surface area contributed by atoms with Gasteiger partial charge in [-0.3, -0.25) is 0 Å². The number of hydrogen-bond donors (Lipinski definition) is 1. The molecule has 3 rings (SSSR count). The highest BCUT2D eigenvalue weighted by molar-refractivity contribution is 5.74. The Morgan fingerprint density at radius 2 is 1.75 bits per heavy atom. The summed E-state index contributed by atoms with van der Waals surface area (Å²) in [7, 11) is 1.65. The molecule has 0 bridgehead atoms. The Bertz CT molecular complexity index is 794. The third kappa shape index (κ3) is 4.58. The number of anilines is 1. The highest BCUT2D eigenvalue weighted by Gasteiger charge is 2.24. The molecule has 0 radical (unpaired) electrons. The van der Waals surface area contributed by atoms with Crippen LogP contribution in [-0.4, -0.2) is 44.2 Å². The molecule has 0 atom stereocenters. The summed E-state index contributed by atoms with van der Waals surface area (Å²) in [5, 5.41) is 3.03. The van der Waals surface area contributed by atoms with Crippen LogP contribution in [0.25, 0.3) is 0 Å². The van der Waals surface area contributed by atoms with E-state index < -0.39 is 0 Å². The minimum Gasteiger partial charge on any atom is -0.497 e. The Morgan fingerprint density at radius 3 is 2.36 bits per heavy atom. The summed E-state index contributed by atoms with van der Waals surface area (Å²) < 4.78 is 5.17. The molecule has 150 valence electrons. The van der Waals surface area contributed by atoms with Crippen molar-refractivity contribution in [2.45, 2.75) is 33.2 Å². The number of benzene rings is 2. The van der Waals surface area contributed by atoms with E-state index in [0.717, 1.165) is 37.5 Å². The monoisotopic (exact) mass is 381 g/mol. The zero-order valence-electron chi connectivity index (χ0n) is 17.4. The number of carbonyl (C=O) groups excluding carboxylic acids is 1. The maximum Gasteiger partial charge on any atom is 0.317 e. The molecule has 5 nitrogen and oxygen atoms in total. The predicted molar refractivity (Wildman–Crippen MR) is 114 cm³/mol. The number of rotatable bonds is 5. The standard InChI is InChI=1S/C23H31N3O2/c1-17(2)21-7-5-6-18(3)22(21)25-12-14-26(15-13-25)23(27)24-16-19-8-10-20(28-4)11-9-19/h5-11,17H,12-16H2,1-4H3,(H,24,27). The Kier molecular flexibility index (Phi) is 6.45. The van der Waals surface area contributed by atoms with Crippen molar-refractivity contribution in [3.05, 3.63) is 59.2 Å². The minimum atomic E-state index is 0.00401. The van der Waals surface area contributed by atoms with Crippen LogP contribution in [0, 0.1) is 6.92 Å². The smallest absolute Gasteiger partial charge is 0.317 e. The van der Waals surface area contributed by atoms with Crippen molar-refractivity contribution in [1.82, 2.24) is 10.2 Å². The van der Waals surface area contributed by atoms with E-state index in [1.165, 1.54) is 16.8 Å². The number of aryl methyl sites for hydroxylation is 1. The maximum atomic E-state index is 12.6. The number of piperazine rings is 1. The highest BCUT2D eigenvalue weighted by Crippen LogP contribution is 2.31. The first kappa shape index (κ1) is 20.1. The zero-order valence-corrected chi connectivity index (χ0v) is 17.4. The molecule has 5 heteroatoms. The van der Waals surface area contributed by atoms with Gasteiger partial charge in [-0.2, -0.15) is 0 Å². The second-order valence-corrected chi connectivity index (χ2v) is 7.65. The first-order chi connectivity index (χ1) is 13.5. The number of hydrogen-bond acceptors (Lipinski definition) is 3. The summed E-state index contributed by atoms with van der Waals surface area (Å²) >= 11 is 0. The van der Waals surface area contributed by atoms with Gasteiger partial charge in [-0.15, -0.1) is 0 Å². The second kappa shape index (κ2) is 9.00. The summed E-state index contributed by atoms with van der Waals surface area (Å²) in [4.78, 5) is 16.9. The molecule has 28 heavy (non-hydrogen) atoms. The second-order valence-electron chi connectivity index (χ2n) is 7.65. The van der Waals surface area contributed by atoms with Crippen LogP contribution in [0.5, 0.6) is 5.75 Å². The molecule has 1 saturated heterocycles. The zero-order chi connectivity index (χ0) is 20.1. The highest BCUT2D eigenvalue weighted by atomic mass is 16.5. The molecule has 1 fully saturated rings. The molecule has 0 saturated carbocycles. The molecular weight excluding hydrogens is 350 g/mol. The van der Waals surface area contributed by atoms with Crippen LogP contribution >= 0.6 is 0 Å². The van der Waals surface area contributed by atoms with E-state index in [2.05, 4.69) is 49.2 Å². The van der Waals surface area contributed by atoms with E-state index in [0.29, 0.717) is 12.5 Å². The van der Waals surface area contributed by atoms with E-state index in [-0.39, 0.29) is 6.03 Å². The summed E-state index contributed by atoms with van der Waals surface area (Å²) in [6.07, 6.45) is 0. The molecule has 1 aliphatic heterocycles. The van der Waals surface area contributed by atoms with Crippen LogP contribution in [-0.2, 0) is 6.54 Å². The van der Waals surface area contributed by atoms with Crippen LogP contribution in [0.4, 0.5) is 10.5 Å². The van der Waals surface area contributed by atoms with Gasteiger partial charge in [0.25, 0.3) is 0 Å². The topological polar surface area (TPSA) is 44.8 Å². The van der Waals surface area contributed by atoms with Gasteiger partial charge in [0.15, 0.2) is 0 Å². The Morgan fingerprint density at radius 1 is 1.07 bits per heavy atom. The van der Waals surface area contributed by atoms with Crippen molar-refractivity contribution >= 4 is 11.7 Å². The molecule has 0 aromatic heterocycles. The fourth-order valence-corrected chi connectivity index (χ4v) is 3.75. The summed E-state index contributed by atoms with van der Waals surface area (Å²) in [5.74, 6) is 1.31. The van der Waals surface area contributed by atoms with Gasteiger partial charge in [0, 0.05) is 38.4 Å². The third-order valence-corrected chi connectivity index (χ3v) is 5.38. The largest absolute Gasteiger partial charge is 0.497 e. The Balaban J connectivity index is 1.56. The van der Waals surface area contributed by atoms with Gasteiger partial charge in [-0.05, 0) is 41.7 Å². The van der Waals surface area contributed by atoms with Crippen molar-refractivity contribution in [3.63, 3.8) is 0 Å². The number of ether oxygens (including phenoxy) is 1. The number of methoxy groups -OCH3 is 1. The first-order valence-corrected chi connectivity index (χ1v) is 9.99. The SMILES string of the molecule is COc1ccc(CNC(=O)N2CCN(c3c(C)cccc3C(C)C)CC2)cc1. The van der Waals surface area contributed by atoms with E-state index >= 15 is 0 Å². The average molecular weight is 382 g/mol. The molecule has 2 amide bonds. The number of nitrogens with zero attached hydrogens (tertiary/aromatic N) is 2. The summed E-state index contributed by atoms with van der Waals surface area (Å²) in [6, 6.07) is 14.3. The van der Waals surface area contributed by atoms with Gasteiger partial charge in [0.2, 0.25) is 0 Å². The summed E-state index contributed by atoms with van der Waals surface area (Å²) in [5.41, 5.74) is 5.10. The van der Waals surface area contributed by atoms with E-state index in [9.17, 15) is 4.79 Å². The lowest BCUT2D eigenvalue weighted by Crippen LogP contribution is -2.52. The van der Waals surface area contributed by atoms with Crippen molar-refractivity contribution in [2.75, 3.05) is 38.2 Å². The molecule has 2 aromatic carbocycles. The lowest BCUT2D eigenvalue weighted by Gasteiger charge is -2.38. The maximum absolute atomic E-state index is 12.6. The van der Waals surface area contributed by atoms with E-state index in [4.69, 9.17) is 4.74 Å². The lowest BCUT2D eigenvalue weighted by atomic mass is 9.97. The molecular formula is C23H31N3O2. The Labute approximate surface area is 168 Å². The molecule has 1 heterocycles. The fourth-order valence-electron chi connectivity index (χ4n) is 3.75. The van der Waals surface area contributed by atoms with Crippen LogP contribution < -0.4 is 15.0 Å². The third-order valence-electron chi connectivity index (χ3n) is 5.38. The normalized spacial score (nSPS) is 14.3. The molecule has 1 N–H and O–H groups in total. The van der Waals surface area contributed by atoms with Crippen molar-refractivity contribution in [3.8, 4) is 5.75 Å². The molecule has 1 aliphatic rings. The first-order valence-electron chi connectivity index (χ1n) is 9.99. The van der Waals surface area contributed by atoms with Crippen LogP contribution in [0.15, 0.2) is 42.5 Å². The van der Waals surface area contributed by atoms with Crippen LogP contribution in [0.1, 0.15) is 36.5 Å². The number of para-hydroxylation sites is 1. The van der Waals surface area contributed by atoms with Crippen molar-refractivity contribution < 1.29 is 9.53 Å². The van der Waals surface area contributed by atoms with Gasteiger partial charge in [-0.1, -0.05) is 44.2 Å². The minimum absolute atomic E-state index is 0.00401. The molecule has 0 aliphatic carbocycles. The quantitative estimate of drug-likeness (QED) is 0.846. The number of nitrogens with one attached hydrogen (secondary N) is 1. The molecule has 2 aromatic rings. The van der Waals surface area contributed by atoms with Crippen molar-refractivity contribution in [2.24, 2.45) is 0 Å². The fraction of sp³-hybridized carbons (Fsp3) is 0.435. The number of carbonyl (C=O) groups is 1. The number of amides is 2. The molecule has 0 spiro atoms. The average Bonchev–Trinajstić information content (AvgIpc) is 2.72. The van der Waals surface area contributed by atoms with Gasteiger partial charge in [0.1, 0.15) is 5.75 Å². The van der Waals surface area contributed by atoms with E-state index in [1.807, 2.05) is 29.2 Å². The van der Waals surface area contributed by atoms with Crippen molar-refractivity contribution in [1.29, 1.82) is 0 Å². The van der Waals surface area contributed by atoms with Crippen LogP contribution in [0.3, 0.4) is 0 Å².